The van der Waals surface area contributed by atoms with Crippen LogP contribution < -0.4 is 16.1 Å². The van der Waals surface area contributed by atoms with E-state index in [0.29, 0.717) is 31.2 Å². The molecule has 1 aromatic carbocycles. The highest BCUT2D eigenvalue weighted by molar-refractivity contribution is 6.62. The number of hydrogen-bond acceptors (Lipinski definition) is 5. The van der Waals surface area contributed by atoms with Crippen LogP contribution in [-0.2, 0) is 14.1 Å². The van der Waals surface area contributed by atoms with Crippen LogP contribution in [0.25, 0.3) is 0 Å². The van der Waals surface area contributed by atoms with Gasteiger partial charge < -0.3 is 19.9 Å². The Balaban J connectivity index is 1.47. The Labute approximate surface area is 190 Å². The lowest BCUT2D eigenvalue weighted by Crippen LogP contribution is -2.61. The molecule has 170 valence electrons. The first-order chi connectivity index (χ1) is 15.0. The Morgan fingerprint density at radius 2 is 1.47 bits per heavy atom. The molecular weight excluding hydrogens is 405 g/mol. The first-order valence-corrected chi connectivity index (χ1v) is 11.5. The van der Waals surface area contributed by atoms with Crippen molar-refractivity contribution < 1.29 is 18.9 Å². The zero-order chi connectivity index (χ0) is 23.2. The molecule has 0 bridgehead atoms. The number of nitrogens with one attached hydrogen (secondary N) is 2. The number of carbonyl (C=O) groups is 2. The highest BCUT2D eigenvalue weighted by Crippen LogP contribution is 2.37. The molecule has 0 unspecified atom stereocenters. The summed E-state index contributed by atoms with van der Waals surface area (Å²) >= 11 is 0. The quantitative estimate of drug-likeness (QED) is 0.690. The number of hydrogen-bond donors (Lipinski definition) is 2. The van der Waals surface area contributed by atoms with Gasteiger partial charge in [0.1, 0.15) is 11.1 Å². The summed E-state index contributed by atoms with van der Waals surface area (Å²) in [6.45, 7) is 8.01. The van der Waals surface area contributed by atoms with Crippen molar-refractivity contribution in [1.82, 2.24) is 10.6 Å². The third kappa shape index (κ3) is 4.16. The van der Waals surface area contributed by atoms with Gasteiger partial charge in [-0.15, -0.1) is 0 Å². The van der Waals surface area contributed by atoms with Crippen LogP contribution in [0.1, 0.15) is 83.0 Å². The molecule has 8 heteroatoms. The molecule has 0 spiro atoms. The number of nitriles is 1. The summed E-state index contributed by atoms with van der Waals surface area (Å²) in [4.78, 5) is 26.2. The molecule has 0 radical (unpaired) electrons. The van der Waals surface area contributed by atoms with Crippen LogP contribution in [0.15, 0.2) is 24.3 Å². The lowest BCUT2D eigenvalue weighted by atomic mass is 9.78. The summed E-state index contributed by atoms with van der Waals surface area (Å²) in [6, 6.07) is 9.34. The van der Waals surface area contributed by atoms with Gasteiger partial charge in [-0.1, -0.05) is 31.4 Å². The zero-order valence-electron chi connectivity index (χ0n) is 19.4. The molecular formula is C24H32BN3O4. The normalized spacial score (nSPS) is 24.3. The highest BCUT2D eigenvalue weighted by atomic mass is 16.7. The van der Waals surface area contributed by atoms with Gasteiger partial charge in [-0.05, 0) is 71.0 Å². The van der Waals surface area contributed by atoms with Crippen LogP contribution >= 0.6 is 0 Å². The Hall–Kier alpha value is -2.37. The minimum Gasteiger partial charge on any atom is -0.399 e. The second-order valence-electron chi connectivity index (χ2n) is 10.5. The van der Waals surface area contributed by atoms with Crippen molar-refractivity contribution in [2.75, 3.05) is 0 Å². The average molecular weight is 437 g/mol. The van der Waals surface area contributed by atoms with E-state index in [1.165, 1.54) is 0 Å². The molecule has 1 heterocycles. The van der Waals surface area contributed by atoms with Crippen LogP contribution in [0.3, 0.4) is 0 Å². The van der Waals surface area contributed by atoms with E-state index in [-0.39, 0.29) is 11.8 Å². The van der Waals surface area contributed by atoms with Gasteiger partial charge in [0.2, 0.25) is 5.91 Å². The first kappa shape index (κ1) is 22.8. The van der Waals surface area contributed by atoms with Crippen molar-refractivity contribution in [2.24, 2.45) is 0 Å². The molecule has 0 aromatic heterocycles. The summed E-state index contributed by atoms with van der Waals surface area (Å²) < 4.78 is 12.2. The van der Waals surface area contributed by atoms with Gasteiger partial charge >= 0.3 is 7.12 Å². The molecule has 2 saturated carbocycles. The smallest absolute Gasteiger partial charge is 0.399 e. The van der Waals surface area contributed by atoms with Crippen LogP contribution in [0.4, 0.5) is 0 Å². The van der Waals surface area contributed by atoms with E-state index in [0.717, 1.165) is 24.7 Å². The molecule has 2 N–H and O–H groups in total. The lowest BCUT2D eigenvalue weighted by molar-refractivity contribution is -0.129. The van der Waals surface area contributed by atoms with Gasteiger partial charge in [0.15, 0.2) is 0 Å². The molecule has 7 nitrogen and oxygen atoms in total. The van der Waals surface area contributed by atoms with Gasteiger partial charge in [0.05, 0.1) is 17.3 Å². The molecule has 2 amide bonds. The maximum Gasteiger partial charge on any atom is 0.494 e. The van der Waals surface area contributed by atoms with Crippen LogP contribution in [0, 0.1) is 11.3 Å². The van der Waals surface area contributed by atoms with Crippen molar-refractivity contribution in [3.63, 3.8) is 0 Å². The summed E-state index contributed by atoms with van der Waals surface area (Å²) in [5.41, 5.74) is -1.27. The van der Waals surface area contributed by atoms with Gasteiger partial charge in [-0.3, -0.25) is 9.59 Å². The topological polar surface area (TPSA) is 100 Å². The van der Waals surface area contributed by atoms with Crippen molar-refractivity contribution in [2.45, 2.75) is 94.9 Å². The number of carbonyl (C=O) groups excluding carboxylic acids is 2. The molecule has 3 fully saturated rings. The Kier molecular flexibility index (Phi) is 5.63. The number of rotatable bonds is 5. The van der Waals surface area contributed by atoms with E-state index in [2.05, 4.69) is 16.7 Å². The largest absolute Gasteiger partial charge is 0.494 e. The minimum absolute atomic E-state index is 0.238. The van der Waals surface area contributed by atoms with Crippen molar-refractivity contribution >= 4 is 24.4 Å². The van der Waals surface area contributed by atoms with Crippen molar-refractivity contribution in [3.05, 3.63) is 29.8 Å². The van der Waals surface area contributed by atoms with E-state index >= 15 is 0 Å². The molecule has 2 aliphatic carbocycles. The van der Waals surface area contributed by atoms with E-state index in [1.807, 2.05) is 39.8 Å². The van der Waals surface area contributed by atoms with Crippen LogP contribution in [0.2, 0.25) is 0 Å². The summed E-state index contributed by atoms with van der Waals surface area (Å²) in [5, 5.41) is 15.3. The fourth-order valence-electron chi connectivity index (χ4n) is 4.35. The maximum atomic E-state index is 13.1. The van der Waals surface area contributed by atoms with Crippen LogP contribution in [0.5, 0.6) is 0 Å². The van der Waals surface area contributed by atoms with Crippen molar-refractivity contribution in [3.8, 4) is 6.07 Å². The third-order valence-corrected chi connectivity index (χ3v) is 7.51. The first-order valence-electron chi connectivity index (χ1n) is 11.5. The summed E-state index contributed by atoms with van der Waals surface area (Å²) in [6.07, 6.45) is 5.27. The second-order valence-corrected chi connectivity index (χ2v) is 10.5. The van der Waals surface area contributed by atoms with Gasteiger partial charge in [0, 0.05) is 5.56 Å². The van der Waals surface area contributed by atoms with E-state index in [4.69, 9.17) is 9.31 Å². The lowest BCUT2D eigenvalue weighted by Gasteiger charge is -2.37. The molecule has 3 aliphatic rings. The maximum absolute atomic E-state index is 13.1. The van der Waals surface area contributed by atoms with Crippen LogP contribution in [-0.4, -0.2) is 41.2 Å². The third-order valence-electron chi connectivity index (χ3n) is 7.51. The second kappa shape index (κ2) is 7.89. The molecule has 4 rings (SSSR count). The number of benzene rings is 1. The van der Waals surface area contributed by atoms with E-state index in [1.54, 1.807) is 12.1 Å². The predicted octanol–water partition coefficient (Wildman–Crippen LogP) is 2.59. The van der Waals surface area contributed by atoms with E-state index < -0.39 is 29.4 Å². The predicted molar refractivity (Wildman–Crippen MR) is 121 cm³/mol. The zero-order valence-corrected chi connectivity index (χ0v) is 19.4. The van der Waals surface area contributed by atoms with Gasteiger partial charge in [-0.2, -0.15) is 5.26 Å². The fourth-order valence-corrected chi connectivity index (χ4v) is 4.35. The molecule has 32 heavy (non-hydrogen) atoms. The molecule has 1 saturated heterocycles. The number of amides is 2. The summed E-state index contributed by atoms with van der Waals surface area (Å²) in [7, 11) is -0.492. The minimum atomic E-state index is -0.966. The fraction of sp³-hybridized carbons (Fsp3) is 0.625. The average Bonchev–Trinajstić information content (AvgIpc) is 3.48. The SMILES string of the molecule is CC1(C)OB(c2ccc(C(=O)NC3(C(=O)NC4(C#N)CC4)CCCCC3)cc2)OC1(C)C. The number of nitrogens with zero attached hydrogens (tertiary/aromatic N) is 1. The monoisotopic (exact) mass is 437 g/mol. The Bertz CT molecular complexity index is 925. The Morgan fingerprint density at radius 3 is 1.97 bits per heavy atom. The Morgan fingerprint density at radius 1 is 0.906 bits per heavy atom. The van der Waals surface area contributed by atoms with E-state index in [9.17, 15) is 14.9 Å². The standard InChI is InChI=1S/C24H32BN3O4/c1-21(2)22(3,4)32-25(31-21)18-10-8-17(9-11-18)19(29)27-24(12-6-5-7-13-24)20(30)28-23(16-26)14-15-23/h8-11H,5-7,12-15H2,1-4H3,(H,27,29)(H,28,30). The van der Waals surface area contributed by atoms with Crippen molar-refractivity contribution in [1.29, 1.82) is 5.26 Å². The molecule has 1 aromatic rings. The molecule has 1 aliphatic heterocycles. The highest BCUT2D eigenvalue weighted by Gasteiger charge is 2.52. The van der Waals surface area contributed by atoms with Gasteiger partial charge in [-0.25, -0.2) is 0 Å². The summed E-state index contributed by atoms with van der Waals surface area (Å²) in [5.74, 6) is -0.525. The molecule has 0 atom stereocenters. The van der Waals surface area contributed by atoms with Gasteiger partial charge in [0.25, 0.3) is 5.91 Å².